The molecule has 106 valence electrons. The average molecular weight is 293 g/mol. The third-order valence-corrected chi connectivity index (χ3v) is 4.92. The van der Waals surface area contributed by atoms with Crippen molar-refractivity contribution in [3.05, 3.63) is 58.9 Å². The van der Waals surface area contributed by atoms with Gasteiger partial charge in [-0.15, -0.1) is 0 Å². The number of nitrogen functional groups attached to an aromatic ring is 1. The largest absolute Gasteiger partial charge is 0.399 e. The van der Waals surface area contributed by atoms with Crippen LogP contribution in [0.15, 0.2) is 41.3 Å². The van der Waals surface area contributed by atoms with Crippen molar-refractivity contribution in [1.82, 2.24) is 0 Å². The highest BCUT2D eigenvalue weighted by molar-refractivity contribution is 7.90. The SMILES string of the molecule is Cc1ccc(S(=O)(=O)Cc2ccc(N)cc2F)cc1C. The molecule has 0 unspecified atom stereocenters. The first-order chi connectivity index (χ1) is 9.29. The van der Waals surface area contributed by atoms with E-state index in [1.807, 2.05) is 13.8 Å². The van der Waals surface area contributed by atoms with Crippen LogP contribution in [0.25, 0.3) is 0 Å². The maximum absolute atomic E-state index is 13.7. The summed E-state index contributed by atoms with van der Waals surface area (Å²) in [5.41, 5.74) is 7.75. The van der Waals surface area contributed by atoms with Crippen molar-refractivity contribution >= 4 is 15.5 Å². The van der Waals surface area contributed by atoms with Crippen molar-refractivity contribution in [3.8, 4) is 0 Å². The molecule has 0 aliphatic heterocycles. The molecule has 3 nitrogen and oxygen atoms in total. The van der Waals surface area contributed by atoms with Crippen LogP contribution in [0.1, 0.15) is 16.7 Å². The zero-order valence-corrected chi connectivity index (χ0v) is 12.2. The third-order valence-electron chi connectivity index (χ3n) is 3.26. The number of benzene rings is 2. The zero-order valence-electron chi connectivity index (χ0n) is 11.4. The summed E-state index contributed by atoms with van der Waals surface area (Å²) < 4.78 is 38.3. The first-order valence-electron chi connectivity index (χ1n) is 6.13. The van der Waals surface area contributed by atoms with E-state index in [2.05, 4.69) is 0 Å². The van der Waals surface area contributed by atoms with Gasteiger partial charge >= 0.3 is 0 Å². The number of halogens is 1. The summed E-state index contributed by atoms with van der Waals surface area (Å²) in [5, 5.41) is 0. The Hall–Kier alpha value is -1.88. The van der Waals surface area contributed by atoms with Crippen LogP contribution in [-0.4, -0.2) is 8.42 Å². The molecule has 20 heavy (non-hydrogen) atoms. The summed E-state index contributed by atoms with van der Waals surface area (Å²) in [6.07, 6.45) is 0. The molecule has 0 fully saturated rings. The summed E-state index contributed by atoms with van der Waals surface area (Å²) in [4.78, 5) is 0.205. The van der Waals surface area contributed by atoms with Crippen molar-refractivity contribution < 1.29 is 12.8 Å². The van der Waals surface area contributed by atoms with E-state index in [9.17, 15) is 12.8 Å². The Kier molecular flexibility index (Phi) is 3.81. The molecule has 5 heteroatoms. The van der Waals surface area contributed by atoms with E-state index in [0.29, 0.717) is 0 Å². The molecule has 0 amide bonds. The van der Waals surface area contributed by atoms with Crippen LogP contribution in [0.2, 0.25) is 0 Å². The summed E-state index contributed by atoms with van der Waals surface area (Å²) in [5.74, 6) is -0.973. The maximum atomic E-state index is 13.7. The van der Waals surface area contributed by atoms with Gasteiger partial charge in [0.25, 0.3) is 0 Å². The van der Waals surface area contributed by atoms with Gasteiger partial charge in [-0.1, -0.05) is 12.1 Å². The molecule has 0 aliphatic carbocycles. The second kappa shape index (κ2) is 5.25. The summed E-state index contributed by atoms with van der Waals surface area (Å²) in [6.45, 7) is 3.75. The van der Waals surface area contributed by atoms with Crippen molar-refractivity contribution in [1.29, 1.82) is 0 Å². The smallest absolute Gasteiger partial charge is 0.182 e. The molecule has 0 aromatic heterocycles. The number of nitrogens with two attached hydrogens (primary N) is 1. The van der Waals surface area contributed by atoms with Gasteiger partial charge in [-0.05, 0) is 49.2 Å². The summed E-state index contributed by atoms with van der Waals surface area (Å²) in [6, 6.07) is 8.94. The van der Waals surface area contributed by atoms with Gasteiger partial charge in [-0.25, -0.2) is 12.8 Å². The van der Waals surface area contributed by atoms with E-state index in [-0.39, 0.29) is 21.9 Å². The molecule has 0 saturated carbocycles. The molecule has 0 heterocycles. The van der Waals surface area contributed by atoms with Crippen molar-refractivity contribution in [2.75, 3.05) is 5.73 Å². The molecular formula is C15H16FNO2S. The Balaban J connectivity index is 2.38. The van der Waals surface area contributed by atoms with Gasteiger partial charge in [0, 0.05) is 11.3 Å². The quantitative estimate of drug-likeness (QED) is 0.885. The van der Waals surface area contributed by atoms with Crippen LogP contribution < -0.4 is 5.73 Å². The monoisotopic (exact) mass is 293 g/mol. The van der Waals surface area contributed by atoms with Gasteiger partial charge in [0.15, 0.2) is 9.84 Å². The molecular weight excluding hydrogens is 277 g/mol. The minimum Gasteiger partial charge on any atom is -0.399 e. The summed E-state index contributed by atoms with van der Waals surface area (Å²) in [7, 11) is -3.57. The van der Waals surface area contributed by atoms with Crippen LogP contribution in [0, 0.1) is 19.7 Å². The number of rotatable bonds is 3. The second-order valence-electron chi connectivity index (χ2n) is 4.86. The average Bonchev–Trinajstić information content (AvgIpc) is 2.36. The van der Waals surface area contributed by atoms with E-state index in [1.165, 1.54) is 12.1 Å². The van der Waals surface area contributed by atoms with Gasteiger partial charge in [0.2, 0.25) is 0 Å². The molecule has 0 bridgehead atoms. The lowest BCUT2D eigenvalue weighted by molar-refractivity contribution is 0.587. The molecule has 2 rings (SSSR count). The molecule has 2 aromatic rings. The second-order valence-corrected chi connectivity index (χ2v) is 6.85. The number of sulfone groups is 1. The van der Waals surface area contributed by atoms with Crippen LogP contribution in [0.4, 0.5) is 10.1 Å². The van der Waals surface area contributed by atoms with Crippen molar-refractivity contribution in [2.24, 2.45) is 0 Å². The van der Waals surface area contributed by atoms with E-state index in [4.69, 9.17) is 5.73 Å². The highest BCUT2D eigenvalue weighted by Crippen LogP contribution is 2.21. The fourth-order valence-corrected chi connectivity index (χ4v) is 3.32. The fourth-order valence-electron chi connectivity index (χ4n) is 1.88. The Bertz CT molecular complexity index is 754. The van der Waals surface area contributed by atoms with Crippen molar-refractivity contribution in [2.45, 2.75) is 24.5 Å². The van der Waals surface area contributed by atoms with Gasteiger partial charge < -0.3 is 5.73 Å². The number of hydrogen-bond acceptors (Lipinski definition) is 3. The van der Waals surface area contributed by atoms with Gasteiger partial charge in [-0.3, -0.25) is 0 Å². The highest BCUT2D eigenvalue weighted by Gasteiger charge is 2.18. The Morgan fingerprint density at radius 2 is 1.75 bits per heavy atom. The van der Waals surface area contributed by atoms with E-state index < -0.39 is 15.7 Å². The first kappa shape index (κ1) is 14.5. The number of aryl methyl sites for hydroxylation is 2. The number of anilines is 1. The van der Waals surface area contributed by atoms with Gasteiger partial charge in [0.05, 0.1) is 10.6 Å². The minimum atomic E-state index is -3.57. The molecule has 2 aromatic carbocycles. The van der Waals surface area contributed by atoms with Gasteiger partial charge in [-0.2, -0.15) is 0 Å². The normalized spacial score (nSPS) is 11.6. The molecule has 0 atom stereocenters. The van der Waals surface area contributed by atoms with Crippen LogP contribution in [0.3, 0.4) is 0 Å². The molecule has 2 N–H and O–H groups in total. The predicted octanol–water partition coefficient (Wildman–Crippen LogP) is 3.00. The molecule has 0 radical (unpaired) electrons. The Morgan fingerprint density at radius 1 is 1.05 bits per heavy atom. The van der Waals surface area contributed by atoms with Crippen LogP contribution in [0.5, 0.6) is 0 Å². The summed E-state index contributed by atoms with van der Waals surface area (Å²) >= 11 is 0. The van der Waals surface area contributed by atoms with E-state index >= 15 is 0 Å². The lowest BCUT2D eigenvalue weighted by atomic mass is 10.1. The molecule has 0 spiro atoms. The van der Waals surface area contributed by atoms with E-state index in [1.54, 1.807) is 18.2 Å². The van der Waals surface area contributed by atoms with Crippen LogP contribution >= 0.6 is 0 Å². The lowest BCUT2D eigenvalue weighted by Gasteiger charge is -2.08. The van der Waals surface area contributed by atoms with E-state index in [0.717, 1.165) is 17.2 Å². The third kappa shape index (κ3) is 2.99. The zero-order chi connectivity index (χ0) is 14.9. The Morgan fingerprint density at radius 3 is 2.35 bits per heavy atom. The lowest BCUT2D eigenvalue weighted by Crippen LogP contribution is -2.07. The molecule has 0 saturated heterocycles. The molecule has 0 aliphatic rings. The van der Waals surface area contributed by atoms with Crippen molar-refractivity contribution in [3.63, 3.8) is 0 Å². The predicted molar refractivity (Wildman–Crippen MR) is 77.6 cm³/mol. The maximum Gasteiger partial charge on any atom is 0.182 e. The topological polar surface area (TPSA) is 60.2 Å². The number of hydrogen-bond donors (Lipinski definition) is 1. The minimum absolute atomic E-state index is 0.123. The Labute approximate surface area is 118 Å². The van der Waals surface area contributed by atoms with Gasteiger partial charge in [0.1, 0.15) is 5.82 Å². The first-order valence-corrected chi connectivity index (χ1v) is 7.79. The standard InChI is InChI=1S/C15H16FNO2S/c1-10-3-6-14(7-11(10)2)20(18,19)9-12-4-5-13(17)8-15(12)16/h3-8H,9,17H2,1-2H3. The van der Waals surface area contributed by atoms with Crippen LogP contribution in [-0.2, 0) is 15.6 Å². The fraction of sp³-hybridized carbons (Fsp3) is 0.200. The highest BCUT2D eigenvalue weighted by atomic mass is 32.2.